The Kier molecular flexibility index (Phi) is 7.62. The third-order valence-corrected chi connectivity index (χ3v) is 8.95. The molecule has 0 radical (unpaired) electrons. The topological polar surface area (TPSA) is 280 Å². The van der Waals surface area contributed by atoms with E-state index in [1.165, 1.54) is 24.1 Å². The van der Waals surface area contributed by atoms with E-state index in [0.29, 0.717) is 11.2 Å². The zero-order valence-corrected chi connectivity index (χ0v) is 24.7. The van der Waals surface area contributed by atoms with Crippen LogP contribution in [-0.2, 0) is 28.8 Å². The molecule has 6 rings (SSSR count). The largest absolute Gasteiger partial charge is 0.472 e. The third-order valence-electron chi connectivity index (χ3n) is 7.37. The molecule has 0 saturated carbocycles. The number of nitrogens with two attached hydrogens (primary N) is 2. The Labute approximate surface area is 251 Å². The summed E-state index contributed by atoms with van der Waals surface area (Å²) in [5, 5.41) is 31.5. The van der Waals surface area contributed by atoms with E-state index in [-0.39, 0.29) is 38.8 Å². The lowest BCUT2D eigenvalue weighted by Gasteiger charge is -2.29. The van der Waals surface area contributed by atoms with Gasteiger partial charge in [0, 0.05) is 6.42 Å². The van der Waals surface area contributed by atoms with Crippen molar-refractivity contribution in [2.75, 3.05) is 24.7 Å². The number of nitrogens with one attached hydrogen (secondary N) is 2. The van der Waals surface area contributed by atoms with Crippen molar-refractivity contribution in [3.05, 3.63) is 21.9 Å². The SMILES string of the molecule is CC1(n2cnc3c(=S)nc(N)[nH]c32)O[C@H](COP(=O)(O)OC2C[C@H](n3cnc4c(=S)nc(N)[nH]c43)O[C@@H]2CO)C(O)C1O. The number of rotatable bonds is 8. The molecule has 10 N–H and O–H groups in total. The number of hydrogen-bond acceptors (Lipinski definition) is 16. The van der Waals surface area contributed by atoms with Gasteiger partial charge in [0.15, 0.2) is 26.9 Å². The van der Waals surface area contributed by atoms with Crippen molar-refractivity contribution in [3.63, 3.8) is 0 Å². The molecule has 0 aliphatic carbocycles. The average Bonchev–Trinajstić information content (AvgIpc) is 3.69. The number of phosphoric acid groups is 1. The van der Waals surface area contributed by atoms with Crippen molar-refractivity contribution in [1.29, 1.82) is 0 Å². The van der Waals surface area contributed by atoms with E-state index in [4.69, 9.17) is 54.4 Å². The van der Waals surface area contributed by atoms with Gasteiger partial charge in [0.2, 0.25) is 0 Å². The van der Waals surface area contributed by atoms with Crippen LogP contribution in [0.25, 0.3) is 22.3 Å². The molecule has 4 aromatic rings. The van der Waals surface area contributed by atoms with E-state index in [2.05, 4.69) is 29.9 Å². The number of anilines is 2. The minimum atomic E-state index is -4.82. The summed E-state index contributed by atoms with van der Waals surface area (Å²) in [4.78, 5) is 32.5. The Balaban J connectivity index is 1.15. The highest BCUT2D eigenvalue weighted by atomic mass is 32.1. The first-order chi connectivity index (χ1) is 20.3. The summed E-state index contributed by atoms with van der Waals surface area (Å²) in [5.74, 6) is 0.0549. The van der Waals surface area contributed by atoms with Gasteiger partial charge in [0.25, 0.3) is 0 Å². The first kappa shape index (κ1) is 30.1. The van der Waals surface area contributed by atoms with Crippen LogP contribution >= 0.6 is 32.3 Å². The molecule has 0 amide bonds. The summed E-state index contributed by atoms with van der Waals surface area (Å²) >= 11 is 10.4. The van der Waals surface area contributed by atoms with Gasteiger partial charge in [-0.3, -0.25) is 18.2 Å². The van der Waals surface area contributed by atoms with Crippen LogP contribution in [-0.4, -0.2) is 103 Å². The fraction of sp³-hybridized carbons (Fsp3) is 0.524. The molecule has 232 valence electrons. The Morgan fingerprint density at radius 3 is 2.42 bits per heavy atom. The summed E-state index contributed by atoms with van der Waals surface area (Å²) < 4.78 is 38.5. The molecule has 2 fully saturated rings. The number of hydrogen-bond donors (Lipinski definition) is 8. The van der Waals surface area contributed by atoms with Crippen molar-refractivity contribution in [2.45, 2.75) is 55.8 Å². The maximum Gasteiger partial charge on any atom is 0.472 e. The first-order valence-electron chi connectivity index (χ1n) is 12.7. The number of nitrogens with zero attached hydrogens (tertiary/aromatic N) is 6. The number of phosphoric ester groups is 1. The quantitative estimate of drug-likeness (QED) is 0.0893. The van der Waals surface area contributed by atoms with E-state index in [9.17, 15) is 24.8 Å². The van der Waals surface area contributed by atoms with Gasteiger partial charge in [-0.15, -0.1) is 0 Å². The number of aliphatic hydroxyl groups excluding tert-OH is 3. The van der Waals surface area contributed by atoms with Crippen molar-refractivity contribution < 1.29 is 43.3 Å². The summed E-state index contributed by atoms with van der Waals surface area (Å²) in [7, 11) is -4.82. The van der Waals surface area contributed by atoms with Crippen LogP contribution in [0.1, 0.15) is 19.6 Å². The molecule has 5 unspecified atom stereocenters. The molecule has 2 aliphatic rings. The maximum absolute atomic E-state index is 13.0. The fourth-order valence-electron chi connectivity index (χ4n) is 5.26. The summed E-state index contributed by atoms with van der Waals surface area (Å²) in [6.45, 7) is 0.288. The average molecular weight is 659 g/mol. The normalized spacial score (nSPS) is 30.8. The van der Waals surface area contributed by atoms with Crippen LogP contribution < -0.4 is 11.5 Å². The van der Waals surface area contributed by atoms with E-state index >= 15 is 0 Å². The Morgan fingerprint density at radius 2 is 1.74 bits per heavy atom. The number of imidazole rings is 2. The molecule has 8 atom stereocenters. The van der Waals surface area contributed by atoms with Crippen LogP contribution in [0.5, 0.6) is 0 Å². The lowest BCUT2D eigenvalue weighted by atomic mass is 10.0. The standard InChI is InChI=1S/C21H27N10O9PS2/c1-21(31-6-25-12-16(31)27-20(23)29-18(12)43)14(34)13(33)9(39-21)4-37-41(35,36)40-7-2-10(38-8(7)3-32)30-5-24-11-15(30)26-19(22)28-17(11)42/h5-10,13-14,32-34H,2-4H2,1H3,(H,35,36)(H3,22,26,28,42)(H3,23,27,29,43)/t7?,8-,9-,10-,13?,14?,21?/m1/s1. The minimum Gasteiger partial charge on any atom is -0.394 e. The van der Waals surface area contributed by atoms with Crippen LogP contribution in [0.4, 0.5) is 11.9 Å². The molecule has 0 bridgehead atoms. The van der Waals surface area contributed by atoms with Crippen molar-refractivity contribution in [3.8, 4) is 0 Å². The number of aromatic nitrogens is 8. The predicted molar refractivity (Wildman–Crippen MR) is 151 cm³/mol. The molecule has 2 aliphatic heterocycles. The van der Waals surface area contributed by atoms with Crippen LogP contribution in [0, 0.1) is 9.28 Å². The molecule has 43 heavy (non-hydrogen) atoms. The van der Waals surface area contributed by atoms with Gasteiger partial charge in [0.1, 0.15) is 59.1 Å². The number of aromatic amines is 2. The molecule has 4 aromatic heterocycles. The van der Waals surface area contributed by atoms with Gasteiger partial charge >= 0.3 is 7.82 Å². The first-order valence-corrected chi connectivity index (χ1v) is 15.0. The Hall–Kier alpha value is -2.95. The highest BCUT2D eigenvalue weighted by Crippen LogP contribution is 2.49. The van der Waals surface area contributed by atoms with E-state index in [1.807, 2.05) is 0 Å². The predicted octanol–water partition coefficient (Wildman–Crippen LogP) is -0.269. The molecule has 6 heterocycles. The third kappa shape index (κ3) is 5.25. The van der Waals surface area contributed by atoms with Crippen LogP contribution in [0.3, 0.4) is 0 Å². The fourth-order valence-corrected chi connectivity index (χ4v) is 6.71. The van der Waals surface area contributed by atoms with Gasteiger partial charge in [-0.1, -0.05) is 24.4 Å². The molecular formula is C21H27N10O9PS2. The van der Waals surface area contributed by atoms with Crippen LogP contribution in [0.2, 0.25) is 0 Å². The zero-order valence-electron chi connectivity index (χ0n) is 22.2. The van der Waals surface area contributed by atoms with E-state index in [1.54, 1.807) is 4.57 Å². The van der Waals surface area contributed by atoms with Gasteiger partial charge in [-0.25, -0.2) is 24.5 Å². The summed E-state index contributed by atoms with van der Waals surface area (Å²) in [6.07, 6.45) is -4.46. The minimum absolute atomic E-state index is 0.000857. The second-order valence-corrected chi connectivity index (χ2v) is 12.3. The summed E-state index contributed by atoms with van der Waals surface area (Å²) in [6, 6.07) is 0. The van der Waals surface area contributed by atoms with Gasteiger partial charge in [-0.2, -0.15) is 0 Å². The molecule has 19 nitrogen and oxygen atoms in total. The van der Waals surface area contributed by atoms with E-state index in [0.717, 1.165) is 0 Å². The lowest BCUT2D eigenvalue weighted by Crippen LogP contribution is -2.43. The molecule has 0 spiro atoms. The maximum atomic E-state index is 13.0. The van der Waals surface area contributed by atoms with Crippen molar-refractivity contribution in [1.82, 2.24) is 39.0 Å². The number of aliphatic hydroxyl groups is 3. The summed E-state index contributed by atoms with van der Waals surface area (Å²) in [5.41, 5.74) is 11.3. The number of H-pyrrole nitrogens is 2. The van der Waals surface area contributed by atoms with Crippen molar-refractivity contribution in [2.24, 2.45) is 0 Å². The molecule has 22 heteroatoms. The zero-order chi connectivity index (χ0) is 30.8. The monoisotopic (exact) mass is 658 g/mol. The molecule has 2 saturated heterocycles. The second kappa shape index (κ2) is 10.9. The Morgan fingerprint density at radius 1 is 1.12 bits per heavy atom. The van der Waals surface area contributed by atoms with Crippen LogP contribution in [0.15, 0.2) is 12.7 Å². The molecular weight excluding hydrogens is 631 g/mol. The number of nitrogen functional groups attached to an aromatic ring is 2. The number of ether oxygens (including phenoxy) is 2. The number of fused-ring (bicyclic) bond motifs is 2. The van der Waals surface area contributed by atoms with Gasteiger partial charge < -0.3 is 51.1 Å². The van der Waals surface area contributed by atoms with Crippen molar-refractivity contribution >= 4 is 66.5 Å². The lowest BCUT2D eigenvalue weighted by molar-refractivity contribution is -0.132. The van der Waals surface area contributed by atoms with Gasteiger partial charge in [0.05, 0.1) is 25.9 Å². The Bertz CT molecular complexity index is 1860. The van der Waals surface area contributed by atoms with Gasteiger partial charge in [-0.05, 0) is 6.92 Å². The highest BCUT2D eigenvalue weighted by molar-refractivity contribution is 7.71. The van der Waals surface area contributed by atoms with E-state index < -0.39 is 63.5 Å². The highest BCUT2D eigenvalue weighted by Gasteiger charge is 2.54. The molecule has 0 aromatic carbocycles. The smallest absolute Gasteiger partial charge is 0.394 e. The second-order valence-electron chi connectivity index (χ2n) is 10.1.